The first kappa shape index (κ1) is 18.8. The van der Waals surface area contributed by atoms with Crippen molar-refractivity contribution >= 4 is 0 Å². The molecule has 0 saturated carbocycles. The average Bonchev–Trinajstić information content (AvgIpc) is 3.32. The summed E-state index contributed by atoms with van der Waals surface area (Å²) in [5.74, 6) is 2.44. The molecule has 0 aliphatic carbocycles. The van der Waals surface area contributed by atoms with E-state index in [2.05, 4.69) is 17.4 Å². The van der Waals surface area contributed by atoms with Crippen molar-refractivity contribution in [3.8, 4) is 17.2 Å². The maximum Gasteiger partial charge on any atom is 0.231 e. The summed E-state index contributed by atoms with van der Waals surface area (Å²) < 4.78 is 22.2. The predicted octanol–water partition coefficient (Wildman–Crippen LogP) is 0.267. The molecule has 0 radical (unpaired) electrons. The number of benzene rings is 2. The molecular formula is C20H23ClNO4-. The van der Waals surface area contributed by atoms with Gasteiger partial charge in [-0.3, -0.25) is 0 Å². The minimum Gasteiger partial charge on any atom is -1.00 e. The topological polar surface area (TPSA) is 49.0 Å². The van der Waals surface area contributed by atoms with Crippen molar-refractivity contribution in [2.24, 2.45) is 0 Å². The highest BCUT2D eigenvalue weighted by molar-refractivity contribution is 5.44. The number of hydrogen-bond donors (Lipinski definition) is 1. The van der Waals surface area contributed by atoms with E-state index in [4.69, 9.17) is 18.9 Å². The van der Waals surface area contributed by atoms with Gasteiger partial charge >= 0.3 is 0 Å². The Balaban J connectivity index is 0.00000196. The van der Waals surface area contributed by atoms with Crippen LogP contribution in [0.4, 0.5) is 0 Å². The molecule has 1 saturated heterocycles. The first-order valence-corrected chi connectivity index (χ1v) is 8.79. The molecule has 0 spiro atoms. The van der Waals surface area contributed by atoms with Crippen LogP contribution in [-0.4, -0.2) is 26.0 Å². The molecule has 5 nitrogen and oxygen atoms in total. The highest BCUT2D eigenvalue weighted by Crippen LogP contribution is 2.32. The summed E-state index contributed by atoms with van der Waals surface area (Å²) in [6.07, 6.45) is 2.73. The lowest BCUT2D eigenvalue weighted by molar-refractivity contribution is -0.00000825. The van der Waals surface area contributed by atoms with Gasteiger partial charge in [-0.1, -0.05) is 18.2 Å². The second kappa shape index (κ2) is 9.12. The average molecular weight is 377 g/mol. The fourth-order valence-corrected chi connectivity index (χ4v) is 3.08. The van der Waals surface area contributed by atoms with E-state index in [1.165, 1.54) is 18.4 Å². The molecular weight excluding hydrogens is 354 g/mol. The monoisotopic (exact) mass is 376 g/mol. The van der Waals surface area contributed by atoms with Crippen molar-refractivity contribution in [2.45, 2.75) is 32.1 Å². The van der Waals surface area contributed by atoms with Crippen molar-refractivity contribution in [1.29, 1.82) is 0 Å². The molecule has 0 amide bonds. The Kier molecular flexibility index (Phi) is 6.61. The number of ether oxygens (including phenoxy) is 4. The summed E-state index contributed by atoms with van der Waals surface area (Å²) in [6.45, 7) is 3.47. The Labute approximate surface area is 160 Å². The quantitative estimate of drug-likeness (QED) is 0.751. The number of halogens is 1. The van der Waals surface area contributed by atoms with Crippen LogP contribution in [0.2, 0.25) is 0 Å². The van der Waals surface area contributed by atoms with Crippen molar-refractivity contribution in [2.75, 3.05) is 19.9 Å². The van der Waals surface area contributed by atoms with E-state index in [1.54, 1.807) is 0 Å². The zero-order chi connectivity index (χ0) is 16.9. The Morgan fingerprint density at radius 3 is 2.62 bits per heavy atom. The zero-order valence-electron chi connectivity index (χ0n) is 14.6. The summed E-state index contributed by atoms with van der Waals surface area (Å²) in [4.78, 5) is 0. The van der Waals surface area contributed by atoms with Crippen molar-refractivity contribution in [3.63, 3.8) is 0 Å². The van der Waals surface area contributed by atoms with Gasteiger partial charge in [0.2, 0.25) is 6.79 Å². The summed E-state index contributed by atoms with van der Waals surface area (Å²) >= 11 is 0. The molecule has 2 aromatic rings. The third-order valence-corrected chi connectivity index (χ3v) is 4.49. The van der Waals surface area contributed by atoms with Crippen LogP contribution < -0.4 is 31.9 Å². The number of rotatable bonds is 7. The van der Waals surface area contributed by atoms with E-state index in [1.807, 2.05) is 30.3 Å². The van der Waals surface area contributed by atoms with Crippen LogP contribution in [0.3, 0.4) is 0 Å². The molecule has 1 unspecified atom stereocenters. The largest absolute Gasteiger partial charge is 1.00 e. The fraction of sp³-hybridized carbons (Fsp3) is 0.400. The van der Waals surface area contributed by atoms with Crippen LogP contribution in [0.15, 0.2) is 42.5 Å². The minimum atomic E-state index is 0. The van der Waals surface area contributed by atoms with Gasteiger partial charge < -0.3 is 36.7 Å². The van der Waals surface area contributed by atoms with Gasteiger partial charge in [0.25, 0.3) is 0 Å². The van der Waals surface area contributed by atoms with E-state index in [0.717, 1.165) is 42.5 Å². The SMILES string of the molecule is [Cl-].c1cc(OCc2ccc3c(c2)OCO3)ccc1CNCC1CCCO1. The van der Waals surface area contributed by atoms with Gasteiger partial charge in [0.15, 0.2) is 11.5 Å². The lowest BCUT2D eigenvalue weighted by atomic mass is 10.2. The van der Waals surface area contributed by atoms with Crippen LogP contribution in [0.5, 0.6) is 17.2 Å². The van der Waals surface area contributed by atoms with Crippen molar-refractivity contribution in [3.05, 3.63) is 53.6 Å². The van der Waals surface area contributed by atoms with Gasteiger partial charge in [-0.25, -0.2) is 0 Å². The predicted molar refractivity (Wildman–Crippen MR) is 94.0 cm³/mol. The fourth-order valence-electron chi connectivity index (χ4n) is 3.08. The molecule has 2 aliphatic heterocycles. The Morgan fingerprint density at radius 1 is 1.00 bits per heavy atom. The van der Waals surface area contributed by atoms with E-state index < -0.39 is 0 Å². The Bertz CT molecular complexity index is 701. The normalized spacial score (nSPS) is 17.8. The van der Waals surface area contributed by atoms with E-state index in [0.29, 0.717) is 19.5 Å². The molecule has 0 bridgehead atoms. The van der Waals surface area contributed by atoms with Gasteiger partial charge in [-0.15, -0.1) is 0 Å². The maximum atomic E-state index is 5.86. The number of fused-ring (bicyclic) bond motifs is 1. The summed E-state index contributed by atoms with van der Waals surface area (Å²) in [7, 11) is 0. The lowest BCUT2D eigenvalue weighted by Crippen LogP contribution is -3.00. The molecule has 26 heavy (non-hydrogen) atoms. The highest BCUT2D eigenvalue weighted by Gasteiger charge is 2.14. The molecule has 6 heteroatoms. The summed E-state index contributed by atoms with van der Waals surface area (Å²) in [5.41, 5.74) is 2.31. The van der Waals surface area contributed by atoms with Gasteiger partial charge in [0, 0.05) is 19.7 Å². The van der Waals surface area contributed by atoms with Gasteiger partial charge in [0.1, 0.15) is 12.4 Å². The second-order valence-electron chi connectivity index (χ2n) is 6.39. The van der Waals surface area contributed by atoms with Crippen molar-refractivity contribution < 1.29 is 31.4 Å². The number of hydrogen-bond acceptors (Lipinski definition) is 5. The van der Waals surface area contributed by atoms with Crippen LogP contribution in [0.1, 0.15) is 24.0 Å². The number of nitrogens with one attached hydrogen (secondary N) is 1. The highest BCUT2D eigenvalue weighted by atomic mass is 35.5. The Hall–Kier alpha value is -1.95. The smallest absolute Gasteiger partial charge is 0.231 e. The third kappa shape index (κ3) is 4.81. The van der Waals surface area contributed by atoms with Crippen LogP contribution in [-0.2, 0) is 17.9 Å². The van der Waals surface area contributed by atoms with Crippen LogP contribution in [0, 0.1) is 0 Å². The molecule has 140 valence electrons. The summed E-state index contributed by atoms with van der Waals surface area (Å²) in [5, 5.41) is 3.45. The zero-order valence-corrected chi connectivity index (χ0v) is 15.3. The first-order chi connectivity index (χ1) is 12.4. The van der Waals surface area contributed by atoms with Crippen LogP contribution >= 0.6 is 0 Å². The first-order valence-electron chi connectivity index (χ1n) is 8.79. The lowest BCUT2D eigenvalue weighted by Gasteiger charge is -2.11. The second-order valence-corrected chi connectivity index (χ2v) is 6.39. The molecule has 2 aromatic carbocycles. The Morgan fingerprint density at radius 2 is 1.81 bits per heavy atom. The standard InChI is InChI=1S/C20H23NO4.ClH/c1-2-18(22-9-1)12-21-11-15-3-6-17(7-4-15)23-13-16-5-8-19-20(10-16)25-14-24-19;/h3-8,10,18,21H,1-2,9,11-14H2;1H/p-1. The van der Waals surface area contributed by atoms with Gasteiger partial charge in [0.05, 0.1) is 6.10 Å². The van der Waals surface area contributed by atoms with E-state index in [9.17, 15) is 0 Å². The molecule has 0 aromatic heterocycles. The van der Waals surface area contributed by atoms with Crippen molar-refractivity contribution in [1.82, 2.24) is 5.32 Å². The molecule has 1 N–H and O–H groups in total. The van der Waals surface area contributed by atoms with E-state index >= 15 is 0 Å². The van der Waals surface area contributed by atoms with E-state index in [-0.39, 0.29) is 12.4 Å². The van der Waals surface area contributed by atoms with Crippen LogP contribution in [0.25, 0.3) is 0 Å². The molecule has 2 heterocycles. The molecule has 1 atom stereocenters. The van der Waals surface area contributed by atoms with Gasteiger partial charge in [-0.2, -0.15) is 0 Å². The molecule has 2 aliphatic rings. The molecule has 4 rings (SSSR count). The van der Waals surface area contributed by atoms with Gasteiger partial charge in [-0.05, 0) is 48.2 Å². The molecule has 1 fully saturated rings. The maximum absolute atomic E-state index is 5.86. The summed E-state index contributed by atoms with van der Waals surface area (Å²) in [6, 6.07) is 14.1. The minimum absolute atomic E-state index is 0. The third-order valence-electron chi connectivity index (χ3n) is 4.49.